The summed E-state index contributed by atoms with van der Waals surface area (Å²) in [7, 11) is 3.80. The molecule has 3 nitrogen and oxygen atoms in total. The Morgan fingerprint density at radius 3 is 2.40 bits per heavy atom. The number of halogens is 1. The summed E-state index contributed by atoms with van der Waals surface area (Å²) in [6, 6.07) is 0. The summed E-state index contributed by atoms with van der Waals surface area (Å²) in [5.41, 5.74) is 0. The molecule has 0 aliphatic rings. The van der Waals surface area contributed by atoms with Gasteiger partial charge in [0.1, 0.15) is 11.0 Å². The zero-order valence-electron chi connectivity index (χ0n) is 5.87. The van der Waals surface area contributed by atoms with E-state index in [1.807, 2.05) is 19.0 Å². The van der Waals surface area contributed by atoms with E-state index in [2.05, 4.69) is 9.97 Å². The molecule has 54 valence electrons. The van der Waals surface area contributed by atoms with Gasteiger partial charge in [-0.1, -0.05) is 11.6 Å². The third kappa shape index (κ3) is 1.57. The summed E-state index contributed by atoms with van der Waals surface area (Å²) in [5.74, 6) is 0.810. The number of hydrogen-bond acceptors (Lipinski definition) is 3. The largest absolute Gasteiger partial charge is 0.361 e. The minimum atomic E-state index is 0.422. The molecule has 1 aromatic heterocycles. The first-order valence-corrected chi connectivity index (χ1v) is 3.23. The van der Waals surface area contributed by atoms with E-state index < -0.39 is 0 Å². The lowest BCUT2D eigenvalue weighted by molar-refractivity contribution is 1.04. The molecule has 0 spiro atoms. The highest BCUT2D eigenvalue weighted by atomic mass is 35.5. The Labute approximate surface area is 64.7 Å². The molecule has 0 saturated heterocycles. The third-order valence-electron chi connectivity index (χ3n) is 1.06. The molecule has 10 heavy (non-hydrogen) atoms. The van der Waals surface area contributed by atoms with E-state index in [9.17, 15) is 0 Å². The molecular formula is C6H8ClN3. The van der Waals surface area contributed by atoms with Crippen LogP contribution in [0.4, 0.5) is 5.82 Å². The minimum Gasteiger partial charge on any atom is -0.361 e. The highest BCUT2D eigenvalue weighted by Crippen LogP contribution is 2.06. The van der Waals surface area contributed by atoms with Crippen molar-refractivity contribution in [2.45, 2.75) is 0 Å². The van der Waals surface area contributed by atoms with Crippen molar-refractivity contribution >= 4 is 17.4 Å². The Morgan fingerprint density at radius 1 is 1.30 bits per heavy atom. The molecule has 0 unspecified atom stereocenters. The fourth-order valence-corrected chi connectivity index (χ4v) is 0.634. The lowest BCUT2D eigenvalue weighted by Crippen LogP contribution is -2.10. The van der Waals surface area contributed by atoms with Crippen LogP contribution in [0.1, 0.15) is 0 Å². The summed E-state index contributed by atoms with van der Waals surface area (Å²) in [6.45, 7) is 0. The fourth-order valence-electron chi connectivity index (χ4n) is 0.536. The number of anilines is 1. The van der Waals surface area contributed by atoms with E-state index >= 15 is 0 Å². The van der Waals surface area contributed by atoms with Gasteiger partial charge in [0.15, 0.2) is 0 Å². The molecule has 0 aliphatic heterocycles. The molecule has 0 atom stereocenters. The smallest absolute Gasteiger partial charge is 0.147 e. The van der Waals surface area contributed by atoms with Crippen molar-refractivity contribution in [2.24, 2.45) is 0 Å². The molecule has 4 heteroatoms. The maximum absolute atomic E-state index is 5.52. The molecule has 1 aromatic rings. The summed E-state index contributed by atoms with van der Waals surface area (Å²) in [6.07, 6.45) is 3.15. The van der Waals surface area contributed by atoms with Crippen LogP contribution in [0.2, 0.25) is 5.15 Å². The molecule has 0 saturated carbocycles. The number of aromatic nitrogens is 2. The minimum absolute atomic E-state index is 0.422. The first-order chi connectivity index (χ1) is 4.70. The van der Waals surface area contributed by atoms with Gasteiger partial charge in [-0.25, -0.2) is 9.97 Å². The van der Waals surface area contributed by atoms with Crippen LogP contribution in [0, 0.1) is 0 Å². The van der Waals surface area contributed by atoms with Gasteiger partial charge >= 0.3 is 0 Å². The van der Waals surface area contributed by atoms with E-state index in [-0.39, 0.29) is 0 Å². The van der Waals surface area contributed by atoms with E-state index in [0.29, 0.717) is 5.15 Å². The Bertz CT molecular complexity index is 207. The Kier molecular flexibility index (Phi) is 2.06. The third-order valence-corrected chi connectivity index (χ3v) is 1.26. The predicted octanol–water partition coefficient (Wildman–Crippen LogP) is 1.20. The monoisotopic (exact) mass is 157 g/mol. The van der Waals surface area contributed by atoms with Crippen molar-refractivity contribution < 1.29 is 0 Å². The van der Waals surface area contributed by atoms with E-state index in [1.54, 1.807) is 6.20 Å². The van der Waals surface area contributed by atoms with Gasteiger partial charge in [-0.3, -0.25) is 0 Å². The van der Waals surface area contributed by atoms with Crippen LogP contribution >= 0.6 is 11.6 Å². The van der Waals surface area contributed by atoms with Crippen molar-refractivity contribution in [1.29, 1.82) is 0 Å². The second kappa shape index (κ2) is 2.84. The SMILES string of the molecule is CN(C)c1cnc(Cl)cn1. The quantitative estimate of drug-likeness (QED) is 0.614. The Morgan fingerprint density at radius 2 is 2.00 bits per heavy atom. The van der Waals surface area contributed by atoms with Gasteiger partial charge in [0.05, 0.1) is 12.4 Å². The van der Waals surface area contributed by atoms with Crippen LogP contribution in [-0.4, -0.2) is 24.1 Å². The zero-order chi connectivity index (χ0) is 7.56. The fraction of sp³-hybridized carbons (Fsp3) is 0.333. The standard InChI is InChI=1S/C6H8ClN3/c1-10(2)6-4-8-5(7)3-9-6/h3-4H,1-2H3. The molecule has 0 N–H and O–H groups in total. The molecular weight excluding hydrogens is 150 g/mol. The van der Waals surface area contributed by atoms with Crippen LogP contribution in [-0.2, 0) is 0 Å². The maximum atomic E-state index is 5.52. The average molecular weight is 158 g/mol. The van der Waals surface area contributed by atoms with E-state index in [1.165, 1.54) is 6.20 Å². The van der Waals surface area contributed by atoms with Gasteiger partial charge in [-0.05, 0) is 0 Å². The van der Waals surface area contributed by atoms with Gasteiger partial charge in [0.2, 0.25) is 0 Å². The summed E-state index contributed by atoms with van der Waals surface area (Å²) < 4.78 is 0. The van der Waals surface area contributed by atoms with Crippen LogP contribution in [0.5, 0.6) is 0 Å². The number of hydrogen-bond donors (Lipinski definition) is 0. The highest BCUT2D eigenvalue weighted by molar-refractivity contribution is 6.29. The van der Waals surface area contributed by atoms with Crippen LogP contribution in [0.25, 0.3) is 0 Å². The van der Waals surface area contributed by atoms with Gasteiger partial charge in [0.25, 0.3) is 0 Å². The van der Waals surface area contributed by atoms with Crippen molar-refractivity contribution in [3.05, 3.63) is 17.5 Å². The molecule has 0 amide bonds. The van der Waals surface area contributed by atoms with Crippen LogP contribution < -0.4 is 4.90 Å². The molecule has 1 rings (SSSR count). The van der Waals surface area contributed by atoms with Crippen LogP contribution in [0.15, 0.2) is 12.4 Å². The summed E-state index contributed by atoms with van der Waals surface area (Å²) >= 11 is 5.52. The molecule has 0 fully saturated rings. The van der Waals surface area contributed by atoms with Gasteiger partial charge in [-0.2, -0.15) is 0 Å². The molecule has 0 bridgehead atoms. The molecule has 0 radical (unpaired) electrons. The zero-order valence-corrected chi connectivity index (χ0v) is 6.63. The second-order valence-electron chi connectivity index (χ2n) is 2.09. The van der Waals surface area contributed by atoms with Crippen molar-refractivity contribution in [3.8, 4) is 0 Å². The van der Waals surface area contributed by atoms with Gasteiger partial charge < -0.3 is 4.90 Å². The highest BCUT2D eigenvalue weighted by Gasteiger charge is 1.94. The lowest BCUT2D eigenvalue weighted by atomic mass is 10.6. The Balaban J connectivity index is 2.89. The second-order valence-corrected chi connectivity index (χ2v) is 2.48. The lowest BCUT2D eigenvalue weighted by Gasteiger charge is -2.08. The molecule has 0 aromatic carbocycles. The maximum Gasteiger partial charge on any atom is 0.147 e. The number of rotatable bonds is 1. The summed E-state index contributed by atoms with van der Waals surface area (Å²) in [5, 5.41) is 0.422. The average Bonchev–Trinajstić information content (AvgIpc) is 1.88. The number of nitrogens with zero attached hydrogens (tertiary/aromatic N) is 3. The van der Waals surface area contributed by atoms with Crippen LogP contribution in [0.3, 0.4) is 0 Å². The first-order valence-electron chi connectivity index (χ1n) is 2.85. The van der Waals surface area contributed by atoms with E-state index in [0.717, 1.165) is 5.82 Å². The van der Waals surface area contributed by atoms with Crippen molar-refractivity contribution in [3.63, 3.8) is 0 Å². The summed E-state index contributed by atoms with van der Waals surface area (Å²) in [4.78, 5) is 9.74. The molecule has 0 aliphatic carbocycles. The first kappa shape index (κ1) is 7.28. The van der Waals surface area contributed by atoms with Crippen molar-refractivity contribution in [2.75, 3.05) is 19.0 Å². The molecule has 1 heterocycles. The van der Waals surface area contributed by atoms with Crippen molar-refractivity contribution in [1.82, 2.24) is 9.97 Å². The normalized spacial score (nSPS) is 9.50. The predicted molar refractivity (Wildman–Crippen MR) is 41.4 cm³/mol. The Hall–Kier alpha value is -0.830. The topological polar surface area (TPSA) is 29.0 Å². The van der Waals surface area contributed by atoms with Gasteiger partial charge in [-0.15, -0.1) is 0 Å². The van der Waals surface area contributed by atoms with E-state index in [4.69, 9.17) is 11.6 Å². The van der Waals surface area contributed by atoms with Gasteiger partial charge in [0, 0.05) is 14.1 Å².